The lowest BCUT2D eigenvalue weighted by Gasteiger charge is -2.18. The van der Waals surface area contributed by atoms with Crippen LogP contribution in [0.2, 0.25) is 0 Å². The molecule has 0 aliphatic heterocycles. The maximum Gasteiger partial charge on any atom is 0.471 e. The summed E-state index contributed by atoms with van der Waals surface area (Å²) < 4.78 is 37.9. The van der Waals surface area contributed by atoms with E-state index >= 15 is 0 Å². The molecule has 4 nitrogen and oxygen atoms in total. The Morgan fingerprint density at radius 2 is 2.05 bits per heavy atom. The average Bonchev–Trinajstić information content (AvgIpc) is 2.91. The minimum Gasteiger partial charge on any atom is -0.297 e. The fourth-order valence-electron chi connectivity index (χ4n) is 1.84. The lowest BCUT2D eigenvalue weighted by molar-refractivity contribution is -0.170. The fraction of sp³-hybridized carbons (Fsp3) is 0.357. The van der Waals surface area contributed by atoms with Crippen LogP contribution in [0.25, 0.3) is 10.6 Å². The van der Waals surface area contributed by atoms with Gasteiger partial charge in [-0.15, -0.1) is 0 Å². The molecule has 0 aliphatic carbocycles. The number of hydrogen-bond donors (Lipinski definition) is 0. The zero-order valence-electron chi connectivity index (χ0n) is 12.2. The van der Waals surface area contributed by atoms with Crippen molar-refractivity contribution in [2.75, 3.05) is 11.9 Å². The number of nitrogens with zero attached hydrogens (tertiary/aromatic N) is 3. The first kappa shape index (κ1) is 16.4. The number of anilines is 1. The summed E-state index contributed by atoms with van der Waals surface area (Å²) in [7, 11) is 1.11. The Kier molecular flexibility index (Phi) is 4.50. The molecule has 0 aliphatic rings. The summed E-state index contributed by atoms with van der Waals surface area (Å²) in [5.41, 5.74) is 1.16. The number of carbonyl (C=O) groups excluding carboxylic acids is 1. The highest BCUT2D eigenvalue weighted by Crippen LogP contribution is 2.38. The summed E-state index contributed by atoms with van der Waals surface area (Å²) in [6.07, 6.45) is -1.74. The van der Waals surface area contributed by atoms with Crippen LogP contribution in [-0.2, 0) is 4.79 Å². The van der Waals surface area contributed by atoms with E-state index in [9.17, 15) is 18.0 Å². The molecule has 0 N–H and O–H groups in total. The van der Waals surface area contributed by atoms with E-state index in [0.29, 0.717) is 21.2 Å². The van der Waals surface area contributed by atoms with Crippen LogP contribution < -0.4 is 4.90 Å². The van der Waals surface area contributed by atoms with E-state index in [-0.39, 0.29) is 10.9 Å². The van der Waals surface area contributed by atoms with Gasteiger partial charge in [-0.25, -0.2) is 4.98 Å². The molecule has 0 radical (unpaired) electrons. The summed E-state index contributed by atoms with van der Waals surface area (Å²) in [6.45, 7) is 3.63. The van der Waals surface area contributed by atoms with Gasteiger partial charge < -0.3 is 0 Å². The third kappa shape index (κ3) is 3.27. The molecule has 8 heteroatoms. The third-order valence-corrected chi connectivity index (χ3v) is 4.14. The molecule has 0 saturated heterocycles. The van der Waals surface area contributed by atoms with Crippen LogP contribution in [-0.4, -0.2) is 29.1 Å². The van der Waals surface area contributed by atoms with Crippen LogP contribution in [0.4, 0.5) is 18.2 Å². The largest absolute Gasteiger partial charge is 0.471 e. The van der Waals surface area contributed by atoms with Gasteiger partial charge >= 0.3 is 12.1 Å². The maximum atomic E-state index is 12.6. The molecule has 0 spiro atoms. The van der Waals surface area contributed by atoms with Gasteiger partial charge in [-0.2, -0.15) is 13.2 Å². The van der Waals surface area contributed by atoms with Gasteiger partial charge in [-0.05, 0) is 18.1 Å². The predicted octanol–water partition coefficient (Wildman–Crippen LogP) is 3.85. The second kappa shape index (κ2) is 6.04. The van der Waals surface area contributed by atoms with Crippen LogP contribution in [0, 0.1) is 0 Å². The Hall–Kier alpha value is -1.96. The number of thiazole rings is 1. The van der Waals surface area contributed by atoms with E-state index in [4.69, 9.17) is 0 Å². The number of carbonyl (C=O) groups is 1. The van der Waals surface area contributed by atoms with Crippen molar-refractivity contribution in [1.82, 2.24) is 9.97 Å². The zero-order chi connectivity index (χ0) is 16.5. The number of aromatic nitrogens is 2. The van der Waals surface area contributed by atoms with E-state index < -0.39 is 12.1 Å². The topological polar surface area (TPSA) is 46.1 Å². The molecule has 0 saturated carbocycles. The van der Waals surface area contributed by atoms with Gasteiger partial charge in [-0.1, -0.05) is 25.2 Å². The minimum atomic E-state index is -4.92. The maximum absolute atomic E-state index is 12.6. The number of hydrogen-bond acceptors (Lipinski definition) is 4. The number of pyridine rings is 1. The van der Waals surface area contributed by atoms with E-state index in [0.717, 1.165) is 18.4 Å². The van der Waals surface area contributed by atoms with Crippen molar-refractivity contribution >= 4 is 22.2 Å². The summed E-state index contributed by atoms with van der Waals surface area (Å²) >= 11 is 1.05. The highest BCUT2D eigenvalue weighted by molar-refractivity contribution is 7.19. The fourth-order valence-corrected chi connectivity index (χ4v) is 3.01. The van der Waals surface area contributed by atoms with Crippen molar-refractivity contribution in [3.05, 3.63) is 30.2 Å². The van der Waals surface area contributed by atoms with Crippen LogP contribution in [0.5, 0.6) is 0 Å². The molecule has 0 aromatic carbocycles. The smallest absolute Gasteiger partial charge is 0.297 e. The molecule has 0 fully saturated rings. The van der Waals surface area contributed by atoms with Crippen molar-refractivity contribution < 1.29 is 18.0 Å². The molecular formula is C14H14F3N3OS. The van der Waals surface area contributed by atoms with Crippen molar-refractivity contribution in [3.8, 4) is 10.6 Å². The molecule has 118 valence electrons. The summed E-state index contributed by atoms with van der Waals surface area (Å²) in [5, 5.41) is 0.741. The molecule has 2 heterocycles. The first-order chi connectivity index (χ1) is 10.2. The van der Waals surface area contributed by atoms with E-state index in [1.54, 1.807) is 24.5 Å². The monoisotopic (exact) mass is 329 g/mol. The molecule has 2 aromatic heterocycles. The SMILES string of the molecule is CC(C)c1nc(-c2cccnc2)sc1N(C)C(=O)C(F)(F)F. The number of alkyl halides is 3. The highest BCUT2D eigenvalue weighted by Gasteiger charge is 2.43. The second-order valence-electron chi connectivity index (χ2n) is 4.97. The van der Waals surface area contributed by atoms with Gasteiger partial charge in [0, 0.05) is 25.0 Å². The molecule has 22 heavy (non-hydrogen) atoms. The molecule has 1 amide bonds. The standard InChI is InChI=1S/C14H14F3N3OS/c1-8(2)10-12(20(3)13(21)14(15,16)17)22-11(19-10)9-5-4-6-18-7-9/h4-8H,1-3H3. The van der Waals surface area contributed by atoms with Gasteiger partial charge in [0.25, 0.3) is 0 Å². The van der Waals surface area contributed by atoms with Crippen LogP contribution >= 0.6 is 11.3 Å². The summed E-state index contributed by atoms with van der Waals surface area (Å²) in [6, 6.07) is 3.49. The lowest BCUT2D eigenvalue weighted by Crippen LogP contribution is -2.38. The first-order valence-corrected chi connectivity index (χ1v) is 7.29. The van der Waals surface area contributed by atoms with Gasteiger partial charge in [0.05, 0.1) is 5.69 Å². The predicted molar refractivity (Wildman–Crippen MR) is 78.9 cm³/mol. The molecule has 0 unspecified atom stereocenters. The van der Waals surface area contributed by atoms with Crippen molar-refractivity contribution in [2.45, 2.75) is 25.9 Å². The Morgan fingerprint density at radius 3 is 2.55 bits per heavy atom. The van der Waals surface area contributed by atoms with Gasteiger partial charge in [0.15, 0.2) is 0 Å². The molecule has 2 rings (SSSR count). The first-order valence-electron chi connectivity index (χ1n) is 6.47. The van der Waals surface area contributed by atoms with E-state index in [2.05, 4.69) is 9.97 Å². The number of halogens is 3. The molecule has 0 bridgehead atoms. The molecule has 0 atom stereocenters. The highest BCUT2D eigenvalue weighted by atomic mass is 32.1. The average molecular weight is 329 g/mol. The summed E-state index contributed by atoms with van der Waals surface area (Å²) in [5.74, 6) is -2.02. The van der Waals surface area contributed by atoms with Crippen LogP contribution in [0.1, 0.15) is 25.5 Å². The van der Waals surface area contributed by atoms with Gasteiger partial charge in [-0.3, -0.25) is 14.7 Å². The van der Waals surface area contributed by atoms with Gasteiger partial charge in [0.2, 0.25) is 0 Å². The molecule has 2 aromatic rings. The third-order valence-electron chi connectivity index (χ3n) is 2.94. The Bertz CT molecular complexity index is 668. The van der Waals surface area contributed by atoms with Gasteiger partial charge in [0.1, 0.15) is 10.0 Å². The van der Waals surface area contributed by atoms with Crippen molar-refractivity contribution in [1.29, 1.82) is 0 Å². The normalized spacial score (nSPS) is 11.8. The second-order valence-corrected chi connectivity index (χ2v) is 5.95. The Labute approximate surface area is 129 Å². The van der Waals surface area contributed by atoms with Crippen molar-refractivity contribution in [2.24, 2.45) is 0 Å². The Morgan fingerprint density at radius 1 is 1.36 bits per heavy atom. The number of amides is 1. The van der Waals surface area contributed by atoms with E-state index in [1.807, 2.05) is 13.8 Å². The minimum absolute atomic E-state index is 0.111. The van der Waals surface area contributed by atoms with Crippen LogP contribution in [0.15, 0.2) is 24.5 Å². The lowest BCUT2D eigenvalue weighted by atomic mass is 10.1. The van der Waals surface area contributed by atoms with Crippen molar-refractivity contribution in [3.63, 3.8) is 0 Å². The van der Waals surface area contributed by atoms with E-state index in [1.165, 1.54) is 0 Å². The quantitative estimate of drug-likeness (QED) is 0.859. The summed E-state index contributed by atoms with van der Waals surface area (Å²) in [4.78, 5) is 20.4. The zero-order valence-corrected chi connectivity index (χ0v) is 13.0. The Balaban J connectivity index is 2.47. The molecular weight excluding hydrogens is 315 g/mol. The number of rotatable bonds is 3. The van der Waals surface area contributed by atoms with Crippen LogP contribution in [0.3, 0.4) is 0 Å².